The number of hydrogen-bond donors (Lipinski definition) is 2. The van der Waals surface area contributed by atoms with Crippen molar-refractivity contribution in [1.29, 1.82) is 5.26 Å². The molecule has 1 aromatic rings. The van der Waals surface area contributed by atoms with Crippen LogP contribution in [0.25, 0.3) is 0 Å². The van der Waals surface area contributed by atoms with Crippen LogP contribution in [0, 0.1) is 11.3 Å². The molecule has 0 unspecified atom stereocenters. The zero-order chi connectivity index (χ0) is 14.3. The summed E-state index contributed by atoms with van der Waals surface area (Å²) in [5.41, 5.74) is 9.29. The largest absolute Gasteiger partial charge is 0.384 e. The number of rotatable bonds is 1. The second-order valence-electron chi connectivity index (χ2n) is 4.48. The first kappa shape index (κ1) is 13.3. The van der Waals surface area contributed by atoms with Gasteiger partial charge < -0.3 is 16.0 Å². The molecule has 2 heterocycles. The summed E-state index contributed by atoms with van der Waals surface area (Å²) in [4.78, 5) is 2.09. The smallest absolute Gasteiger partial charge is 0.119 e. The van der Waals surface area contributed by atoms with Crippen molar-refractivity contribution in [1.82, 2.24) is 5.32 Å². The Bertz CT molecular complexity index is 725. The van der Waals surface area contributed by atoms with Crippen LogP contribution in [0.15, 0.2) is 62.1 Å². The molecule has 0 bridgehead atoms. The standard InChI is InChI=1S/C14H10Br2N4/c15-9-1-2-12(16)13(3-9)20-6-8-5-19-14(18)10(4-17)11(8)7-20/h1-3,5,7,19H,6,18H2. The second kappa shape index (κ2) is 5.00. The molecule has 0 saturated heterocycles. The van der Waals surface area contributed by atoms with Crippen molar-refractivity contribution in [2.24, 2.45) is 5.73 Å². The fourth-order valence-corrected chi connectivity index (χ4v) is 3.09. The third-order valence-electron chi connectivity index (χ3n) is 3.24. The molecule has 4 nitrogen and oxygen atoms in total. The van der Waals surface area contributed by atoms with E-state index in [9.17, 15) is 5.26 Å². The minimum absolute atomic E-state index is 0.401. The monoisotopic (exact) mass is 392 g/mol. The van der Waals surface area contributed by atoms with Gasteiger partial charge in [-0.15, -0.1) is 0 Å². The minimum atomic E-state index is 0.401. The maximum atomic E-state index is 9.23. The van der Waals surface area contributed by atoms with Gasteiger partial charge in [-0.1, -0.05) is 15.9 Å². The summed E-state index contributed by atoms with van der Waals surface area (Å²) in [6.07, 6.45) is 3.82. The van der Waals surface area contributed by atoms with E-state index in [2.05, 4.69) is 48.1 Å². The van der Waals surface area contributed by atoms with Crippen molar-refractivity contribution < 1.29 is 0 Å². The van der Waals surface area contributed by atoms with Gasteiger partial charge in [0.15, 0.2) is 0 Å². The highest BCUT2D eigenvalue weighted by Crippen LogP contribution is 2.37. The third kappa shape index (κ3) is 2.13. The van der Waals surface area contributed by atoms with Gasteiger partial charge in [-0.3, -0.25) is 0 Å². The van der Waals surface area contributed by atoms with Gasteiger partial charge in [-0.2, -0.15) is 5.26 Å². The maximum absolute atomic E-state index is 9.23. The second-order valence-corrected chi connectivity index (χ2v) is 6.25. The van der Waals surface area contributed by atoms with E-state index in [1.165, 1.54) is 0 Å². The molecule has 0 atom stereocenters. The predicted octanol–water partition coefficient (Wildman–Crippen LogP) is 3.10. The third-order valence-corrected chi connectivity index (χ3v) is 4.41. The molecule has 6 heteroatoms. The topological polar surface area (TPSA) is 65.1 Å². The van der Waals surface area contributed by atoms with Gasteiger partial charge in [0.1, 0.15) is 17.5 Å². The highest BCUT2D eigenvalue weighted by molar-refractivity contribution is 9.11. The minimum Gasteiger partial charge on any atom is -0.384 e. The molecular formula is C14H10Br2N4. The zero-order valence-corrected chi connectivity index (χ0v) is 13.5. The summed E-state index contributed by atoms with van der Waals surface area (Å²) >= 11 is 7.03. The Morgan fingerprint density at radius 3 is 2.90 bits per heavy atom. The molecule has 3 rings (SSSR count). The molecule has 0 fully saturated rings. The zero-order valence-electron chi connectivity index (χ0n) is 10.3. The summed E-state index contributed by atoms with van der Waals surface area (Å²) in [6, 6.07) is 8.16. The lowest BCUT2D eigenvalue weighted by Crippen LogP contribution is -2.22. The van der Waals surface area contributed by atoms with E-state index < -0.39 is 0 Å². The molecule has 0 amide bonds. The van der Waals surface area contributed by atoms with Crippen LogP contribution in [0.4, 0.5) is 5.69 Å². The van der Waals surface area contributed by atoms with E-state index in [0.29, 0.717) is 17.9 Å². The van der Waals surface area contributed by atoms with E-state index in [1.807, 2.05) is 30.6 Å². The molecule has 2 aliphatic rings. The summed E-state index contributed by atoms with van der Waals surface area (Å²) in [5, 5.41) is 12.2. The van der Waals surface area contributed by atoms with Crippen molar-refractivity contribution in [3.8, 4) is 6.07 Å². The molecule has 1 aromatic carbocycles. The van der Waals surface area contributed by atoms with Gasteiger partial charge in [-0.25, -0.2) is 0 Å². The number of fused-ring (bicyclic) bond motifs is 1. The summed E-state index contributed by atoms with van der Waals surface area (Å²) in [7, 11) is 0. The van der Waals surface area contributed by atoms with Gasteiger partial charge in [0.25, 0.3) is 0 Å². The molecule has 0 radical (unpaired) electrons. The van der Waals surface area contributed by atoms with Crippen molar-refractivity contribution >= 4 is 37.5 Å². The Labute approximate surface area is 133 Å². The first-order chi connectivity index (χ1) is 9.60. The Morgan fingerprint density at radius 2 is 2.15 bits per heavy atom. The molecule has 20 heavy (non-hydrogen) atoms. The molecule has 0 saturated carbocycles. The Balaban J connectivity index is 2.05. The molecule has 0 spiro atoms. The summed E-state index contributed by atoms with van der Waals surface area (Å²) < 4.78 is 2.01. The number of nitrogens with zero attached hydrogens (tertiary/aromatic N) is 2. The SMILES string of the molecule is N#CC1=C(N)NC=C2CN(c3cc(Br)ccc3Br)C=C21. The van der Waals surface area contributed by atoms with Gasteiger partial charge in [0.05, 0.1) is 5.69 Å². The molecule has 0 aromatic heterocycles. The van der Waals surface area contributed by atoms with Gasteiger partial charge >= 0.3 is 0 Å². The Kier molecular flexibility index (Phi) is 3.32. The van der Waals surface area contributed by atoms with Crippen molar-refractivity contribution in [3.63, 3.8) is 0 Å². The summed E-state index contributed by atoms with van der Waals surface area (Å²) in [5.74, 6) is 0.401. The van der Waals surface area contributed by atoms with Crippen molar-refractivity contribution in [3.05, 3.63) is 62.1 Å². The number of allylic oxidation sites excluding steroid dienone is 1. The van der Waals surface area contributed by atoms with E-state index in [1.54, 1.807) is 0 Å². The van der Waals surface area contributed by atoms with Crippen LogP contribution in [0.3, 0.4) is 0 Å². The van der Waals surface area contributed by atoms with Gasteiger partial charge in [0.2, 0.25) is 0 Å². The molecular weight excluding hydrogens is 384 g/mol. The number of dihydropyridines is 1. The number of nitrogens with one attached hydrogen (secondary N) is 1. The van der Waals surface area contributed by atoms with Crippen molar-refractivity contribution in [2.75, 3.05) is 11.4 Å². The van der Waals surface area contributed by atoms with Crippen LogP contribution in [0.1, 0.15) is 0 Å². The van der Waals surface area contributed by atoms with Gasteiger partial charge in [0, 0.05) is 33.5 Å². The highest BCUT2D eigenvalue weighted by atomic mass is 79.9. The van der Waals surface area contributed by atoms with Crippen LogP contribution >= 0.6 is 31.9 Å². The molecule has 2 aliphatic heterocycles. The van der Waals surface area contributed by atoms with Crippen LogP contribution in [-0.2, 0) is 0 Å². The van der Waals surface area contributed by atoms with Crippen molar-refractivity contribution in [2.45, 2.75) is 0 Å². The fourth-order valence-electron chi connectivity index (χ4n) is 2.26. The van der Waals surface area contributed by atoms with E-state index in [-0.39, 0.29) is 0 Å². The lowest BCUT2D eigenvalue weighted by Gasteiger charge is -2.18. The number of benzene rings is 1. The first-order valence-electron chi connectivity index (χ1n) is 5.90. The molecule has 3 N–H and O–H groups in total. The highest BCUT2D eigenvalue weighted by Gasteiger charge is 2.27. The Morgan fingerprint density at radius 1 is 1.35 bits per heavy atom. The maximum Gasteiger partial charge on any atom is 0.119 e. The fraction of sp³-hybridized carbons (Fsp3) is 0.0714. The van der Waals surface area contributed by atoms with Gasteiger partial charge in [-0.05, 0) is 39.7 Å². The van der Waals surface area contributed by atoms with E-state index in [0.717, 1.165) is 25.8 Å². The summed E-state index contributed by atoms with van der Waals surface area (Å²) in [6.45, 7) is 0.704. The average Bonchev–Trinajstić information content (AvgIpc) is 2.85. The van der Waals surface area contributed by atoms with Crippen LogP contribution < -0.4 is 16.0 Å². The number of anilines is 1. The number of hydrogen-bond acceptors (Lipinski definition) is 4. The number of nitriles is 1. The molecule has 0 aliphatic carbocycles. The van der Waals surface area contributed by atoms with E-state index >= 15 is 0 Å². The Hall–Kier alpha value is -1.71. The lowest BCUT2D eigenvalue weighted by molar-refractivity contribution is 0.961. The average molecular weight is 394 g/mol. The number of nitrogens with two attached hydrogens (primary N) is 1. The first-order valence-corrected chi connectivity index (χ1v) is 7.48. The van der Waals surface area contributed by atoms with E-state index in [4.69, 9.17) is 5.73 Å². The van der Waals surface area contributed by atoms with Crippen LogP contribution in [-0.4, -0.2) is 6.54 Å². The van der Waals surface area contributed by atoms with Crippen LogP contribution in [0.5, 0.6) is 0 Å². The number of halogens is 2. The van der Waals surface area contributed by atoms with Crippen LogP contribution in [0.2, 0.25) is 0 Å². The predicted molar refractivity (Wildman–Crippen MR) is 85.3 cm³/mol. The quantitative estimate of drug-likeness (QED) is 0.769. The normalized spacial score (nSPS) is 17.1. The molecule has 100 valence electrons. The lowest BCUT2D eigenvalue weighted by atomic mass is 10.0.